The summed E-state index contributed by atoms with van der Waals surface area (Å²) in [5, 5.41) is 9.37. The molecule has 1 rings (SSSR count). The van der Waals surface area contributed by atoms with E-state index in [-0.39, 0.29) is 17.1 Å². The average Bonchev–Trinajstić information content (AvgIpc) is 1.96. The second-order valence-corrected chi connectivity index (χ2v) is 3.31. The molecule has 0 aliphatic rings. The van der Waals surface area contributed by atoms with E-state index < -0.39 is 0 Å². The normalized spacial score (nSPS) is 9.83. The molecule has 0 radical (unpaired) electrons. The lowest BCUT2D eigenvalue weighted by atomic mass is 10.1. The van der Waals surface area contributed by atoms with Gasteiger partial charge in [0.15, 0.2) is 5.78 Å². The monoisotopic (exact) mass is 229 g/mol. The third-order valence-corrected chi connectivity index (χ3v) is 2.07. The van der Waals surface area contributed by atoms with Crippen LogP contribution in [0.25, 0.3) is 0 Å². The van der Waals surface area contributed by atoms with Gasteiger partial charge in [-0.25, -0.2) is 0 Å². The number of hydrogen-bond donors (Lipinski definition) is 2. The van der Waals surface area contributed by atoms with Crippen molar-refractivity contribution in [1.82, 2.24) is 0 Å². The Kier molecular flexibility index (Phi) is 2.38. The first-order valence-corrected chi connectivity index (χ1v) is 4.10. The molecule has 0 saturated heterocycles. The molecule has 0 fully saturated rings. The Labute approximate surface area is 78.3 Å². The maximum atomic E-state index is 10.9. The third kappa shape index (κ3) is 1.58. The molecular weight excluding hydrogens is 222 g/mol. The number of phenolic OH excluding ortho intramolecular Hbond substituents is 1. The van der Waals surface area contributed by atoms with Crippen LogP contribution in [0.4, 0.5) is 5.69 Å². The van der Waals surface area contributed by atoms with Gasteiger partial charge >= 0.3 is 0 Å². The molecule has 12 heavy (non-hydrogen) atoms. The van der Waals surface area contributed by atoms with Crippen LogP contribution in [0.15, 0.2) is 16.6 Å². The van der Waals surface area contributed by atoms with Crippen molar-refractivity contribution in [3.63, 3.8) is 0 Å². The third-order valence-electron chi connectivity index (χ3n) is 1.47. The molecule has 1 aromatic carbocycles. The van der Waals surface area contributed by atoms with Crippen molar-refractivity contribution < 1.29 is 9.90 Å². The standard InChI is InChI=1S/C8H8BrNO2/c1-4(11)6-2-5(10)3-7(9)8(6)12/h2-3,12H,10H2,1H3. The molecule has 0 heterocycles. The second kappa shape index (κ2) is 3.15. The molecule has 0 saturated carbocycles. The Balaban J connectivity index is 3.37. The van der Waals surface area contributed by atoms with E-state index in [0.717, 1.165) is 0 Å². The number of rotatable bonds is 1. The SMILES string of the molecule is CC(=O)c1cc(N)cc(Br)c1O. The Morgan fingerprint density at radius 1 is 1.58 bits per heavy atom. The van der Waals surface area contributed by atoms with E-state index in [4.69, 9.17) is 5.73 Å². The van der Waals surface area contributed by atoms with Crippen LogP contribution in [0.2, 0.25) is 0 Å². The zero-order valence-electron chi connectivity index (χ0n) is 6.47. The van der Waals surface area contributed by atoms with Crippen molar-refractivity contribution in [2.24, 2.45) is 0 Å². The number of carbonyl (C=O) groups is 1. The van der Waals surface area contributed by atoms with Crippen molar-refractivity contribution >= 4 is 27.4 Å². The van der Waals surface area contributed by atoms with Crippen LogP contribution in [-0.2, 0) is 0 Å². The number of phenols is 1. The molecule has 0 aromatic heterocycles. The predicted octanol–water partition coefficient (Wildman–Crippen LogP) is 1.94. The summed E-state index contributed by atoms with van der Waals surface area (Å²) in [4.78, 5) is 10.9. The maximum absolute atomic E-state index is 10.9. The van der Waals surface area contributed by atoms with Crippen LogP contribution in [0.5, 0.6) is 5.75 Å². The number of hydrogen-bond acceptors (Lipinski definition) is 3. The number of Topliss-reactive ketones (excluding diaryl/α,β-unsaturated/α-hetero) is 1. The van der Waals surface area contributed by atoms with Crippen LogP contribution in [-0.4, -0.2) is 10.9 Å². The van der Waals surface area contributed by atoms with E-state index in [9.17, 15) is 9.90 Å². The summed E-state index contributed by atoms with van der Waals surface area (Å²) in [6.07, 6.45) is 0. The summed E-state index contributed by atoms with van der Waals surface area (Å²) in [5.74, 6) is -0.266. The van der Waals surface area contributed by atoms with E-state index in [0.29, 0.717) is 10.2 Å². The highest BCUT2D eigenvalue weighted by Gasteiger charge is 2.10. The summed E-state index contributed by atoms with van der Waals surface area (Å²) >= 11 is 3.08. The second-order valence-electron chi connectivity index (χ2n) is 2.46. The molecule has 64 valence electrons. The first kappa shape index (κ1) is 9.06. The summed E-state index contributed by atoms with van der Waals surface area (Å²) in [7, 11) is 0. The van der Waals surface area contributed by atoms with Gasteiger partial charge in [0, 0.05) is 5.69 Å². The van der Waals surface area contributed by atoms with Crippen molar-refractivity contribution in [2.45, 2.75) is 6.92 Å². The van der Waals surface area contributed by atoms with Gasteiger partial charge in [0.05, 0.1) is 10.0 Å². The van der Waals surface area contributed by atoms with Crippen LogP contribution < -0.4 is 5.73 Å². The quantitative estimate of drug-likeness (QED) is 0.440. The van der Waals surface area contributed by atoms with Gasteiger partial charge in [-0.15, -0.1) is 0 Å². The Morgan fingerprint density at radius 3 is 2.67 bits per heavy atom. The number of nitrogens with two attached hydrogens (primary N) is 1. The van der Waals surface area contributed by atoms with Crippen LogP contribution >= 0.6 is 15.9 Å². The van der Waals surface area contributed by atoms with Gasteiger partial charge in [-0.3, -0.25) is 4.79 Å². The molecule has 4 heteroatoms. The minimum Gasteiger partial charge on any atom is -0.506 e. The number of ketones is 1. The van der Waals surface area contributed by atoms with E-state index in [1.807, 2.05) is 0 Å². The van der Waals surface area contributed by atoms with Gasteiger partial charge in [-0.05, 0) is 35.0 Å². The van der Waals surface area contributed by atoms with E-state index in [2.05, 4.69) is 15.9 Å². The predicted molar refractivity (Wildman–Crippen MR) is 50.2 cm³/mol. The van der Waals surface area contributed by atoms with Crippen LogP contribution in [0.1, 0.15) is 17.3 Å². The van der Waals surface area contributed by atoms with Gasteiger partial charge < -0.3 is 10.8 Å². The molecule has 3 nitrogen and oxygen atoms in total. The molecule has 3 N–H and O–H groups in total. The summed E-state index contributed by atoms with van der Waals surface area (Å²) in [5.41, 5.74) is 6.16. The van der Waals surface area contributed by atoms with Gasteiger partial charge in [-0.1, -0.05) is 0 Å². The minimum absolute atomic E-state index is 0.0586. The average molecular weight is 230 g/mol. The van der Waals surface area contributed by atoms with Crippen molar-refractivity contribution in [3.8, 4) is 5.75 Å². The van der Waals surface area contributed by atoms with Gasteiger partial charge in [0.1, 0.15) is 5.75 Å². The number of benzene rings is 1. The molecular formula is C8H8BrNO2. The Morgan fingerprint density at radius 2 is 2.17 bits per heavy atom. The van der Waals surface area contributed by atoms with E-state index in [1.54, 1.807) is 6.07 Å². The van der Waals surface area contributed by atoms with Crippen LogP contribution in [0.3, 0.4) is 0 Å². The molecule has 0 amide bonds. The Bertz CT molecular complexity index is 336. The number of aromatic hydroxyl groups is 1. The minimum atomic E-state index is -0.208. The van der Waals surface area contributed by atoms with Gasteiger partial charge in [-0.2, -0.15) is 0 Å². The number of carbonyl (C=O) groups excluding carboxylic acids is 1. The van der Waals surface area contributed by atoms with E-state index >= 15 is 0 Å². The Hall–Kier alpha value is -1.03. The number of nitrogen functional groups attached to an aromatic ring is 1. The molecule has 0 unspecified atom stereocenters. The molecule has 0 aliphatic carbocycles. The van der Waals surface area contributed by atoms with Crippen molar-refractivity contribution in [1.29, 1.82) is 0 Å². The molecule has 0 bridgehead atoms. The van der Waals surface area contributed by atoms with Crippen LogP contribution in [0, 0.1) is 0 Å². The fraction of sp³-hybridized carbons (Fsp3) is 0.125. The zero-order chi connectivity index (χ0) is 9.30. The summed E-state index contributed by atoms with van der Waals surface area (Å²) < 4.78 is 0.438. The molecule has 0 aliphatic heterocycles. The maximum Gasteiger partial charge on any atom is 0.163 e. The fourth-order valence-corrected chi connectivity index (χ4v) is 1.37. The zero-order valence-corrected chi connectivity index (χ0v) is 8.05. The molecule has 0 spiro atoms. The lowest BCUT2D eigenvalue weighted by Crippen LogP contribution is -1.95. The van der Waals surface area contributed by atoms with Gasteiger partial charge in [0.25, 0.3) is 0 Å². The number of halogens is 1. The highest BCUT2D eigenvalue weighted by Crippen LogP contribution is 2.30. The first-order chi connectivity index (χ1) is 5.52. The summed E-state index contributed by atoms with van der Waals surface area (Å²) in [6.45, 7) is 1.38. The number of anilines is 1. The highest BCUT2D eigenvalue weighted by molar-refractivity contribution is 9.10. The van der Waals surface area contributed by atoms with Crippen molar-refractivity contribution in [3.05, 3.63) is 22.2 Å². The first-order valence-electron chi connectivity index (χ1n) is 3.31. The highest BCUT2D eigenvalue weighted by atomic mass is 79.9. The smallest absolute Gasteiger partial charge is 0.163 e. The lowest BCUT2D eigenvalue weighted by Gasteiger charge is -2.03. The fourth-order valence-electron chi connectivity index (χ4n) is 0.888. The largest absolute Gasteiger partial charge is 0.506 e. The van der Waals surface area contributed by atoms with E-state index in [1.165, 1.54) is 13.0 Å². The summed E-state index contributed by atoms with van der Waals surface area (Å²) in [6, 6.07) is 2.99. The molecule has 0 atom stereocenters. The molecule has 1 aromatic rings. The topological polar surface area (TPSA) is 63.3 Å². The van der Waals surface area contributed by atoms with Gasteiger partial charge in [0.2, 0.25) is 0 Å². The van der Waals surface area contributed by atoms with Crippen molar-refractivity contribution in [2.75, 3.05) is 5.73 Å². The lowest BCUT2D eigenvalue weighted by molar-refractivity contribution is 0.101.